The second kappa shape index (κ2) is 10.6. The van der Waals surface area contributed by atoms with Crippen molar-refractivity contribution in [3.63, 3.8) is 0 Å². The Bertz CT molecular complexity index is 156. The monoisotopic (exact) mass is 226 g/mol. The van der Waals surface area contributed by atoms with Crippen molar-refractivity contribution in [2.45, 2.75) is 39.9 Å². The molecule has 0 aliphatic rings. The maximum atomic E-state index is 9.59. The van der Waals surface area contributed by atoms with Gasteiger partial charge < -0.3 is 25.2 Å². The van der Waals surface area contributed by atoms with Crippen LogP contribution >= 0.6 is 0 Å². The molecule has 0 aromatic carbocycles. The predicted molar refractivity (Wildman–Crippen MR) is 52.1 cm³/mol. The van der Waals surface area contributed by atoms with E-state index in [1.165, 1.54) is 0 Å². The third-order valence-corrected chi connectivity index (χ3v) is 0.673. The van der Waals surface area contributed by atoms with Crippen LogP contribution in [0.3, 0.4) is 0 Å². The first-order valence-corrected chi connectivity index (χ1v) is 4.04. The SMILES string of the molecule is CC(C)OC(=O)O.CC(C)OC(=O)O.O. The average Bonchev–Trinajstić information content (AvgIpc) is 1.79. The second-order valence-electron chi connectivity index (χ2n) is 2.87. The third kappa shape index (κ3) is 32.6. The molecule has 0 bridgehead atoms. The molecule has 0 fully saturated rings. The van der Waals surface area contributed by atoms with Gasteiger partial charge in [-0.2, -0.15) is 0 Å². The smallest absolute Gasteiger partial charge is 0.450 e. The molecule has 0 aromatic heterocycles. The lowest BCUT2D eigenvalue weighted by atomic mass is 10.5. The Labute approximate surface area is 87.9 Å². The standard InChI is InChI=1S/2C4H8O3.H2O/c2*1-3(2)7-4(5)6;/h2*3H,1-2H3,(H,5,6);1H2. The highest BCUT2D eigenvalue weighted by atomic mass is 16.7. The summed E-state index contributed by atoms with van der Waals surface area (Å²) in [6.45, 7) is 6.64. The van der Waals surface area contributed by atoms with Crippen LogP contribution in [0.25, 0.3) is 0 Å². The van der Waals surface area contributed by atoms with Crippen LogP contribution < -0.4 is 0 Å². The molecule has 15 heavy (non-hydrogen) atoms. The summed E-state index contributed by atoms with van der Waals surface area (Å²) in [6, 6.07) is 0. The topological polar surface area (TPSA) is 125 Å². The molecule has 0 saturated carbocycles. The third-order valence-electron chi connectivity index (χ3n) is 0.673. The van der Waals surface area contributed by atoms with E-state index in [0.717, 1.165) is 0 Å². The van der Waals surface area contributed by atoms with Gasteiger partial charge in [0.2, 0.25) is 0 Å². The van der Waals surface area contributed by atoms with Crippen LogP contribution in [0.4, 0.5) is 9.59 Å². The second-order valence-corrected chi connectivity index (χ2v) is 2.87. The summed E-state index contributed by atoms with van der Waals surface area (Å²) in [5.41, 5.74) is 0. The molecule has 4 N–H and O–H groups in total. The van der Waals surface area contributed by atoms with E-state index in [9.17, 15) is 9.59 Å². The highest BCUT2D eigenvalue weighted by Gasteiger charge is 1.97. The van der Waals surface area contributed by atoms with Crippen molar-refractivity contribution in [2.24, 2.45) is 0 Å². The zero-order chi connectivity index (χ0) is 11.7. The van der Waals surface area contributed by atoms with Gasteiger partial charge in [0, 0.05) is 0 Å². The molecule has 0 heterocycles. The van der Waals surface area contributed by atoms with E-state index >= 15 is 0 Å². The fraction of sp³-hybridized carbons (Fsp3) is 0.750. The quantitative estimate of drug-likeness (QED) is 0.684. The summed E-state index contributed by atoms with van der Waals surface area (Å²) in [5.74, 6) is 0. The molecule has 0 aliphatic carbocycles. The van der Waals surface area contributed by atoms with Crippen LogP contribution in [0.2, 0.25) is 0 Å². The van der Waals surface area contributed by atoms with E-state index in [-0.39, 0.29) is 17.7 Å². The van der Waals surface area contributed by atoms with Gasteiger partial charge in [-0.3, -0.25) is 0 Å². The van der Waals surface area contributed by atoms with Crippen molar-refractivity contribution in [3.05, 3.63) is 0 Å². The number of carbonyl (C=O) groups is 2. The largest absolute Gasteiger partial charge is 0.506 e. The van der Waals surface area contributed by atoms with Crippen molar-refractivity contribution >= 4 is 12.3 Å². The van der Waals surface area contributed by atoms with Crippen LogP contribution in [0.15, 0.2) is 0 Å². The highest BCUT2D eigenvalue weighted by molar-refractivity contribution is 5.57. The molecule has 92 valence electrons. The summed E-state index contributed by atoms with van der Waals surface area (Å²) in [5, 5.41) is 15.7. The van der Waals surface area contributed by atoms with Crippen molar-refractivity contribution in [1.29, 1.82) is 0 Å². The Hall–Kier alpha value is -1.50. The van der Waals surface area contributed by atoms with Crippen LogP contribution in [-0.2, 0) is 9.47 Å². The molecule has 7 nitrogen and oxygen atoms in total. The first kappa shape index (κ1) is 19.1. The zero-order valence-electron chi connectivity index (χ0n) is 9.18. The van der Waals surface area contributed by atoms with Gasteiger partial charge in [-0.1, -0.05) is 0 Å². The van der Waals surface area contributed by atoms with Gasteiger partial charge in [-0.25, -0.2) is 9.59 Å². The molecule has 0 radical (unpaired) electrons. The van der Waals surface area contributed by atoms with E-state index in [1.807, 2.05) is 0 Å². The molecule has 0 unspecified atom stereocenters. The van der Waals surface area contributed by atoms with Crippen LogP contribution in [0, 0.1) is 0 Å². The fourth-order valence-electron chi connectivity index (χ4n) is 0.403. The summed E-state index contributed by atoms with van der Waals surface area (Å²) >= 11 is 0. The molecule has 0 atom stereocenters. The molecular weight excluding hydrogens is 208 g/mol. The maximum absolute atomic E-state index is 9.59. The summed E-state index contributed by atoms with van der Waals surface area (Å²) < 4.78 is 8.33. The summed E-state index contributed by atoms with van der Waals surface area (Å²) in [4.78, 5) is 19.2. The molecule has 7 heteroatoms. The highest BCUT2D eigenvalue weighted by Crippen LogP contribution is 1.86. The van der Waals surface area contributed by atoms with Crippen molar-refractivity contribution in [1.82, 2.24) is 0 Å². The zero-order valence-corrected chi connectivity index (χ0v) is 9.18. The lowest BCUT2D eigenvalue weighted by Gasteiger charge is -1.99. The number of hydrogen-bond acceptors (Lipinski definition) is 4. The summed E-state index contributed by atoms with van der Waals surface area (Å²) in [7, 11) is 0. The van der Waals surface area contributed by atoms with Gasteiger partial charge in [0.05, 0.1) is 12.2 Å². The van der Waals surface area contributed by atoms with Crippen molar-refractivity contribution in [3.8, 4) is 0 Å². The van der Waals surface area contributed by atoms with Gasteiger partial charge in [-0.15, -0.1) is 0 Å². The molecule has 0 aromatic rings. The van der Waals surface area contributed by atoms with Gasteiger partial charge in [-0.05, 0) is 27.7 Å². The van der Waals surface area contributed by atoms with E-state index in [4.69, 9.17) is 10.2 Å². The van der Waals surface area contributed by atoms with Crippen LogP contribution in [0.1, 0.15) is 27.7 Å². The van der Waals surface area contributed by atoms with E-state index in [1.54, 1.807) is 27.7 Å². The Morgan fingerprint density at radius 3 is 1.07 bits per heavy atom. The molecule has 0 aliphatic heterocycles. The normalized spacial score (nSPS) is 8.40. The number of carboxylic acid groups (broad SMARTS) is 2. The van der Waals surface area contributed by atoms with E-state index < -0.39 is 12.3 Å². The number of hydrogen-bond donors (Lipinski definition) is 2. The first-order valence-electron chi connectivity index (χ1n) is 4.04. The molecule has 0 saturated heterocycles. The minimum atomic E-state index is -1.21. The fourth-order valence-corrected chi connectivity index (χ4v) is 0.403. The van der Waals surface area contributed by atoms with Gasteiger partial charge in [0.25, 0.3) is 0 Å². The minimum absolute atomic E-state index is 0. The summed E-state index contributed by atoms with van der Waals surface area (Å²) in [6.07, 6.45) is -2.88. The molecule has 0 spiro atoms. The molecular formula is C8H18O7. The van der Waals surface area contributed by atoms with Crippen molar-refractivity contribution < 1.29 is 34.8 Å². The Morgan fingerprint density at radius 1 is 0.867 bits per heavy atom. The van der Waals surface area contributed by atoms with Gasteiger partial charge in [0.15, 0.2) is 0 Å². The van der Waals surface area contributed by atoms with Crippen molar-refractivity contribution in [2.75, 3.05) is 0 Å². The average molecular weight is 226 g/mol. The predicted octanol–water partition coefficient (Wildman–Crippen LogP) is 1.35. The minimum Gasteiger partial charge on any atom is -0.450 e. The number of rotatable bonds is 2. The lowest BCUT2D eigenvalue weighted by Crippen LogP contribution is -2.07. The first-order chi connectivity index (χ1) is 6.25. The Morgan fingerprint density at radius 2 is 1.07 bits per heavy atom. The van der Waals surface area contributed by atoms with Gasteiger partial charge >= 0.3 is 12.3 Å². The Balaban J connectivity index is -0.000000180. The van der Waals surface area contributed by atoms with E-state index in [0.29, 0.717) is 0 Å². The van der Waals surface area contributed by atoms with Crippen LogP contribution in [-0.4, -0.2) is 40.2 Å². The van der Waals surface area contributed by atoms with Crippen LogP contribution in [0.5, 0.6) is 0 Å². The Kier molecular flexibility index (Phi) is 13.5. The molecule has 0 rings (SSSR count). The lowest BCUT2D eigenvalue weighted by molar-refractivity contribution is 0.0646. The maximum Gasteiger partial charge on any atom is 0.506 e. The molecule has 0 amide bonds. The van der Waals surface area contributed by atoms with E-state index in [2.05, 4.69) is 9.47 Å². The van der Waals surface area contributed by atoms with Gasteiger partial charge in [0.1, 0.15) is 0 Å². The number of ether oxygens (including phenoxy) is 2.